The van der Waals surface area contributed by atoms with Gasteiger partial charge in [0, 0.05) is 6.54 Å². The Morgan fingerprint density at radius 2 is 1.67 bits per heavy atom. The van der Waals surface area contributed by atoms with Gasteiger partial charge in [0.05, 0.1) is 11.3 Å². The maximum absolute atomic E-state index is 10.9. The summed E-state index contributed by atoms with van der Waals surface area (Å²) in [6, 6.07) is 15.3. The van der Waals surface area contributed by atoms with Crippen molar-refractivity contribution < 1.29 is 22.5 Å². The summed E-state index contributed by atoms with van der Waals surface area (Å²) < 4.78 is 36.1. The molecule has 2 aromatic carbocycles. The first-order valence-electron chi connectivity index (χ1n) is 7.25. The Kier molecular flexibility index (Phi) is 8.11. The first kappa shape index (κ1) is 19.8. The van der Waals surface area contributed by atoms with E-state index < -0.39 is 10.1 Å². The molecule has 6 nitrogen and oxygen atoms in total. The monoisotopic (exact) mass is 350 g/mol. The van der Waals surface area contributed by atoms with Crippen LogP contribution in [0.2, 0.25) is 0 Å². The van der Waals surface area contributed by atoms with Gasteiger partial charge in [-0.15, -0.1) is 0 Å². The quantitative estimate of drug-likeness (QED) is 0.652. The van der Waals surface area contributed by atoms with Gasteiger partial charge in [-0.3, -0.25) is 4.79 Å². The van der Waals surface area contributed by atoms with Gasteiger partial charge < -0.3 is 15.0 Å². The van der Waals surface area contributed by atoms with Gasteiger partial charge in [-0.2, -0.15) is 0 Å². The molecule has 7 heteroatoms. The zero-order chi connectivity index (χ0) is 18.0. The number of hydrogen-bond donors (Lipinski definition) is 1. The van der Waals surface area contributed by atoms with E-state index in [2.05, 4.69) is 0 Å². The fraction of sp³-hybridized carbons (Fsp3) is 0.235. The van der Waals surface area contributed by atoms with Crippen molar-refractivity contribution in [2.24, 2.45) is 5.73 Å². The molecule has 2 aromatic rings. The van der Waals surface area contributed by atoms with E-state index in [0.717, 1.165) is 11.1 Å². The molecule has 0 aliphatic rings. The summed E-state index contributed by atoms with van der Waals surface area (Å²) in [5.74, 6) is -0.244. The number of hydrogen-bond acceptors (Lipinski definition) is 6. The van der Waals surface area contributed by atoms with Crippen molar-refractivity contribution in [3.63, 3.8) is 0 Å². The van der Waals surface area contributed by atoms with Crippen molar-refractivity contribution in [3.8, 4) is 0 Å². The number of benzene rings is 2. The lowest BCUT2D eigenvalue weighted by atomic mass is 10.2. The van der Waals surface area contributed by atoms with Crippen molar-refractivity contribution in [3.05, 3.63) is 65.7 Å². The number of esters is 1. The molecule has 0 aliphatic carbocycles. The Morgan fingerprint density at radius 1 is 1.08 bits per heavy atom. The molecule has 0 spiro atoms. The average Bonchev–Trinajstić information content (AvgIpc) is 2.54. The van der Waals surface area contributed by atoms with Crippen LogP contribution in [0.1, 0.15) is 17.5 Å². The van der Waals surface area contributed by atoms with Gasteiger partial charge in [0.1, 0.15) is 16.7 Å². The summed E-state index contributed by atoms with van der Waals surface area (Å²) in [7, 11) is -4.27. The minimum absolute atomic E-state index is 0.178. The van der Waals surface area contributed by atoms with Crippen molar-refractivity contribution in [1.29, 1.82) is 0 Å². The lowest BCUT2D eigenvalue weighted by Crippen LogP contribution is -2.10. The second-order valence-corrected chi connectivity index (χ2v) is 6.33. The Morgan fingerprint density at radius 3 is 2.17 bits per heavy atom. The summed E-state index contributed by atoms with van der Waals surface area (Å²) in [6.45, 7) is 2.49. The topological polar surface area (TPSA) is 110 Å². The van der Waals surface area contributed by atoms with E-state index in [9.17, 15) is 17.8 Å². The zero-order valence-electron chi connectivity index (χ0n) is 13.3. The van der Waals surface area contributed by atoms with Gasteiger partial charge in [0.2, 0.25) is 0 Å². The summed E-state index contributed by atoms with van der Waals surface area (Å²) in [4.78, 5) is 10.7. The van der Waals surface area contributed by atoms with Crippen LogP contribution in [0.3, 0.4) is 0 Å². The molecule has 130 valence electrons. The van der Waals surface area contributed by atoms with Crippen LogP contribution < -0.4 is 5.73 Å². The van der Waals surface area contributed by atoms with Crippen molar-refractivity contribution in [1.82, 2.24) is 0 Å². The average molecular weight is 350 g/mol. The molecular formula is C17H20NO5S-. The molecule has 0 aromatic heterocycles. The van der Waals surface area contributed by atoms with E-state index >= 15 is 0 Å². The largest absolute Gasteiger partial charge is 0.744 e. The van der Waals surface area contributed by atoms with Gasteiger partial charge in [-0.25, -0.2) is 8.42 Å². The van der Waals surface area contributed by atoms with Crippen molar-refractivity contribution >= 4 is 16.1 Å². The molecule has 2 rings (SSSR count). The third-order valence-electron chi connectivity index (χ3n) is 2.90. The lowest BCUT2D eigenvalue weighted by Gasteiger charge is -2.05. The van der Waals surface area contributed by atoms with E-state index in [0.29, 0.717) is 13.2 Å². The van der Waals surface area contributed by atoms with Crippen molar-refractivity contribution in [2.75, 3.05) is 6.54 Å². The molecular weight excluding hydrogens is 330 g/mol. The molecule has 2 N–H and O–H groups in total. The smallest absolute Gasteiger partial charge is 0.307 e. The van der Waals surface area contributed by atoms with E-state index in [-0.39, 0.29) is 17.3 Å². The second kappa shape index (κ2) is 9.82. The predicted molar refractivity (Wildman–Crippen MR) is 89.1 cm³/mol. The molecule has 0 saturated carbocycles. The number of nitrogens with two attached hydrogens (primary N) is 1. The highest BCUT2D eigenvalue weighted by molar-refractivity contribution is 7.85. The summed E-state index contributed by atoms with van der Waals surface area (Å²) in [5, 5.41) is 0. The normalized spacial score (nSPS) is 10.5. The van der Waals surface area contributed by atoms with Gasteiger partial charge in [0.15, 0.2) is 0 Å². The van der Waals surface area contributed by atoms with E-state index in [1.54, 1.807) is 12.1 Å². The molecule has 0 fully saturated rings. The third kappa shape index (κ3) is 7.87. The SMILES string of the molecule is Cc1ccc(S(=O)(=O)[O-])cc1.NCCC(=O)OCc1ccccc1. The molecule has 0 heterocycles. The van der Waals surface area contributed by atoms with Crippen LogP contribution in [0.4, 0.5) is 0 Å². The maximum atomic E-state index is 10.9. The highest BCUT2D eigenvalue weighted by Gasteiger charge is 2.00. The first-order valence-corrected chi connectivity index (χ1v) is 8.66. The number of ether oxygens (including phenoxy) is 1. The highest BCUT2D eigenvalue weighted by atomic mass is 32.2. The molecule has 0 amide bonds. The van der Waals surface area contributed by atoms with Crippen LogP contribution in [0.5, 0.6) is 0 Å². The second-order valence-electron chi connectivity index (χ2n) is 4.95. The van der Waals surface area contributed by atoms with Crippen LogP contribution in [0, 0.1) is 6.92 Å². The lowest BCUT2D eigenvalue weighted by molar-refractivity contribution is -0.144. The Balaban J connectivity index is 0.000000243. The fourth-order valence-electron chi connectivity index (χ4n) is 1.63. The van der Waals surface area contributed by atoms with Gasteiger partial charge in [-0.1, -0.05) is 48.0 Å². The van der Waals surface area contributed by atoms with Crippen LogP contribution in [0.25, 0.3) is 0 Å². The van der Waals surface area contributed by atoms with Gasteiger partial charge in [0.25, 0.3) is 0 Å². The molecule has 0 unspecified atom stereocenters. The van der Waals surface area contributed by atoms with Crippen LogP contribution >= 0.6 is 0 Å². The Labute approximate surface area is 142 Å². The van der Waals surface area contributed by atoms with E-state index in [1.807, 2.05) is 37.3 Å². The van der Waals surface area contributed by atoms with Crippen molar-refractivity contribution in [2.45, 2.75) is 24.8 Å². The molecule has 0 saturated heterocycles. The maximum Gasteiger partial charge on any atom is 0.307 e. The predicted octanol–water partition coefficient (Wildman–Crippen LogP) is 1.98. The highest BCUT2D eigenvalue weighted by Crippen LogP contribution is 2.08. The summed E-state index contributed by atoms with van der Waals surface area (Å²) >= 11 is 0. The molecule has 0 aliphatic heterocycles. The minimum Gasteiger partial charge on any atom is -0.744 e. The fourth-order valence-corrected chi connectivity index (χ4v) is 2.10. The van der Waals surface area contributed by atoms with Gasteiger partial charge in [-0.05, 0) is 24.6 Å². The standard InChI is InChI=1S/C10H13NO2.C7H8O3S/c11-7-6-10(12)13-8-9-4-2-1-3-5-9;1-6-2-4-7(5-3-6)11(8,9)10/h1-5H,6-8,11H2;2-5H,1H3,(H,8,9,10)/p-1. The zero-order valence-corrected chi connectivity index (χ0v) is 14.2. The first-order chi connectivity index (χ1) is 11.3. The Hall–Kier alpha value is -2.22. The van der Waals surface area contributed by atoms with Crippen LogP contribution in [-0.2, 0) is 26.3 Å². The number of carbonyl (C=O) groups is 1. The molecule has 0 atom stereocenters. The molecule has 24 heavy (non-hydrogen) atoms. The summed E-state index contributed by atoms with van der Waals surface area (Å²) in [5.41, 5.74) is 7.12. The van der Waals surface area contributed by atoms with E-state index in [1.165, 1.54) is 12.1 Å². The Bertz CT molecular complexity index is 727. The minimum atomic E-state index is -4.27. The number of rotatable bonds is 5. The summed E-state index contributed by atoms with van der Waals surface area (Å²) in [6.07, 6.45) is 0.285. The van der Waals surface area contributed by atoms with E-state index in [4.69, 9.17) is 10.5 Å². The van der Waals surface area contributed by atoms with Crippen LogP contribution in [-0.4, -0.2) is 25.5 Å². The van der Waals surface area contributed by atoms with Crippen LogP contribution in [0.15, 0.2) is 59.5 Å². The van der Waals surface area contributed by atoms with Gasteiger partial charge >= 0.3 is 5.97 Å². The number of aryl methyl sites for hydroxylation is 1. The molecule has 0 radical (unpaired) electrons. The third-order valence-corrected chi connectivity index (χ3v) is 3.75. The number of carbonyl (C=O) groups excluding carboxylic acids is 1. The molecule has 0 bridgehead atoms.